The summed E-state index contributed by atoms with van der Waals surface area (Å²) in [4.78, 5) is 13.3. The van der Waals surface area contributed by atoms with Crippen molar-refractivity contribution in [2.24, 2.45) is 0 Å². The van der Waals surface area contributed by atoms with Crippen LogP contribution in [0.2, 0.25) is 0 Å². The third kappa shape index (κ3) is 4.69. The van der Waals surface area contributed by atoms with Gasteiger partial charge in [-0.15, -0.1) is 10.2 Å². The van der Waals surface area contributed by atoms with E-state index < -0.39 is 5.25 Å². The van der Waals surface area contributed by atoms with E-state index in [1.165, 1.54) is 11.8 Å². The molecule has 1 amide bonds. The van der Waals surface area contributed by atoms with E-state index in [0.29, 0.717) is 11.8 Å². The number of carbonyl (C=O) groups is 1. The number of amides is 1. The minimum absolute atomic E-state index is 0.0757. The van der Waals surface area contributed by atoms with E-state index in [0.717, 1.165) is 41.2 Å². The van der Waals surface area contributed by atoms with Gasteiger partial charge in [-0.25, -0.2) is 4.68 Å². The first-order chi connectivity index (χ1) is 15.1. The molecule has 2 atom stereocenters. The molecule has 0 radical (unpaired) electrons. The Morgan fingerprint density at radius 2 is 2.00 bits per heavy atom. The molecule has 7 nitrogen and oxygen atoms in total. The average Bonchev–Trinajstić information content (AvgIpc) is 3.16. The molecule has 4 rings (SSSR count). The van der Waals surface area contributed by atoms with Crippen LogP contribution in [0.25, 0.3) is 0 Å². The molecule has 0 saturated heterocycles. The minimum atomic E-state index is -0.412. The van der Waals surface area contributed by atoms with Gasteiger partial charge in [0.1, 0.15) is 11.0 Å². The zero-order valence-corrected chi connectivity index (χ0v) is 18.8. The molecule has 1 aliphatic rings. The van der Waals surface area contributed by atoms with E-state index in [1.807, 2.05) is 67.1 Å². The van der Waals surface area contributed by atoms with Gasteiger partial charge in [-0.3, -0.25) is 4.79 Å². The Hall–Kier alpha value is -3.00. The number of thioether (sulfide) groups is 1. The molecule has 0 bridgehead atoms. The number of nitrogens with one attached hydrogen (secondary N) is 2. The quantitative estimate of drug-likeness (QED) is 0.572. The van der Waals surface area contributed by atoms with Crippen LogP contribution in [-0.2, 0) is 11.2 Å². The smallest absolute Gasteiger partial charge is 0.240 e. The van der Waals surface area contributed by atoms with Crippen molar-refractivity contribution >= 4 is 23.4 Å². The van der Waals surface area contributed by atoms with Gasteiger partial charge < -0.3 is 15.5 Å². The van der Waals surface area contributed by atoms with Gasteiger partial charge in [0, 0.05) is 12.1 Å². The summed E-state index contributed by atoms with van der Waals surface area (Å²) in [5.74, 6) is 1.61. The van der Waals surface area contributed by atoms with Crippen molar-refractivity contribution in [3.05, 3.63) is 65.5 Å². The highest BCUT2D eigenvalue weighted by molar-refractivity contribution is 8.00. The maximum atomic E-state index is 13.3. The lowest BCUT2D eigenvalue weighted by Crippen LogP contribution is -2.41. The van der Waals surface area contributed by atoms with Crippen LogP contribution in [0.5, 0.6) is 5.75 Å². The van der Waals surface area contributed by atoms with E-state index in [9.17, 15) is 4.79 Å². The zero-order valence-electron chi connectivity index (χ0n) is 18.0. The van der Waals surface area contributed by atoms with E-state index in [-0.39, 0.29) is 11.9 Å². The van der Waals surface area contributed by atoms with Crippen LogP contribution in [0.4, 0.5) is 5.69 Å². The van der Waals surface area contributed by atoms with Gasteiger partial charge in [0.15, 0.2) is 5.82 Å². The van der Waals surface area contributed by atoms with Crippen LogP contribution in [0.15, 0.2) is 53.7 Å². The molecule has 3 aromatic rings. The van der Waals surface area contributed by atoms with Gasteiger partial charge >= 0.3 is 0 Å². The van der Waals surface area contributed by atoms with Crippen molar-refractivity contribution in [3.63, 3.8) is 0 Å². The maximum absolute atomic E-state index is 13.3. The Bertz CT molecular complexity index is 1050. The summed E-state index contributed by atoms with van der Waals surface area (Å²) >= 11 is 1.44. The third-order valence-corrected chi connectivity index (χ3v) is 6.29. The van der Waals surface area contributed by atoms with Crippen LogP contribution < -0.4 is 15.5 Å². The van der Waals surface area contributed by atoms with Crippen LogP contribution in [0.3, 0.4) is 0 Å². The maximum Gasteiger partial charge on any atom is 0.240 e. The number of rotatable bonds is 7. The van der Waals surface area contributed by atoms with E-state index in [1.54, 1.807) is 0 Å². The summed E-state index contributed by atoms with van der Waals surface area (Å²) in [5, 5.41) is 12.0. The third-order valence-electron chi connectivity index (χ3n) is 5.07. The SMILES string of the molecule is CCCc1nnc2n1N[C@@H](c1ccc(OCC)cc1)[C@@H](C(=O)Nc1cccc(C)c1)S2. The molecule has 0 unspecified atom stereocenters. The molecule has 162 valence electrons. The molecule has 2 aromatic carbocycles. The van der Waals surface area contributed by atoms with Crippen LogP contribution in [0.1, 0.15) is 43.3 Å². The first-order valence-electron chi connectivity index (χ1n) is 10.6. The number of aromatic nitrogens is 3. The van der Waals surface area contributed by atoms with Crippen molar-refractivity contribution in [1.82, 2.24) is 14.9 Å². The monoisotopic (exact) mass is 437 g/mol. The topological polar surface area (TPSA) is 81.1 Å². The number of aryl methyl sites for hydroxylation is 2. The number of nitrogens with zero attached hydrogens (tertiary/aromatic N) is 3. The largest absolute Gasteiger partial charge is 0.494 e. The van der Waals surface area contributed by atoms with Crippen molar-refractivity contribution in [1.29, 1.82) is 0 Å². The van der Waals surface area contributed by atoms with Gasteiger partial charge in [0.2, 0.25) is 11.1 Å². The van der Waals surface area contributed by atoms with Crippen molar-refractivity contribution in [3.8, 4) is 5.75 Å². The summed E-state index contributed by atoms with van der Waals surface area (Å²) in [6, 6.07) is 15.5. The molecule has 0 fully saturated rings. The van der Waals surface area contributed by atoms with E-state index in [2.05, 4.69) is 27.9 Å². The highest BCUT2D eigenvalue weighted by Gasteiger charge is 2.37. The standard InChI is InChI=1S/C23H27N5O2S/c1-4-7-19-25-26-23-28(19)27-20(16-10-12-18(13-11-16)30-5-2)21(31-23)22(29)24-17-9-6-8-15(3)14-17/h6,8-14,20-21,27H,4-5,7H2,1-3H3,(H,24,29)/t20-,21-/m0/s1. The van der Waals surface area contributed by atoms with E-state index in [4.69, 9.17) is 4.74 Å². The summed E-state index contributed by atoms with van der Waals surface area (Å²) in [6.45, 7) is 6.69. The number of anilines is 1. The average molecular weight is 438 g/mol. The second-order valence-corrected chi connectivity index (χ2v) is 8.60. The van der Waals surface area contributed by atoms with Crippen molar-refractivity contribution in [2.45, 2.75) is 50.1 Å². The molecule has 0 saturated carbocycles. The molecular formula is C23H27N5O2S. The molecule has 2 N–H and O–H groups in total. The fourth-order valence-corrected chi connectivity index (χ4v) is 4.71. The van der Waals surface area contributed by atoms with E-state index >= 15 is 0 Å². The highest BCUT2D eigenvalue weighted by Crippen LogP contribution is 2.38. The van der Waals surface area contributed by atoms with Gasteiger partial charge in [0.05, 0.1) is 12.6 Å². The Morgan fingerprint density at radius 1 is 1.19 bits per heavy atom. The summed E-state index contributed by atoms with van der Waals surface area (Å²) in [7, 11) is 0. The number of benzene rings is 2. The molecule has 1 aliphatic heterocycles. The zero-order chi connectivity index (χ0) is 21.8. The summed E-state index contributed by atoms with van der Waals surface area (Å²) in [5.41, 5.74) is 6.38. The normalized spacial score (nSPS) is 17.5. The van der Waals surface area contributed by atoms with Gasteiger partial charge in [-0.2, -0.15) is 0 Å². The molecule has 2 heterocycles. The van der Waals surface area contributed by atoms with Crippen molar-refractivity contribution < 1.29 is 9.53 Å². The first kappa shape index (κ1) is 21.2. The predicted molar refractivity (Wildman–Crippen MR) is 123 cm³/mol. The predicted octanol–water partition coefficient (Wildman–Crippen LogP) is 4.34. The van der Waals surface area contributed by atoms with Gasteiger partial charge in [-0.05, 0) is 55.7 Å². The van der Waals surface area contributed by atoms with Gasteiger partial charge in [0.25, 0.3) is 0 Å². The number of carbonyl (C=O) groups excluding carboxylic acids is 1. The Balaban J connectivity index is 1.65. The highest BCUT2D eigenvalue weighted by atomic mass is 32.2. The lowest BCUT2D eigenvalue weighted by Gasteiger charge is -2.33. The number of hydrogen-bond donors (Lipinski definition) is 2. The molecule has 0 spiro atoms. The second-order valence-electron chi connectivity index (χ2n) is 7.49. The van der Waals surface area contributed by atoms with Crippen LogP contribution in [0, 0.1) is 6.92 Å². The Kier molecular flexibility index (Phi) is 6.46. The Morgan fingerprint density at radius 3 is 2.71 bits per heavy atom. The molecular weight excluding hydrogens is 410 g/mol. The molecule has 31 heavy (non-hydrogen) atoms. The fourth-order valence-electron chi connectivity index (χ4n) is 3.61. The first-order valence-corrected chi connectivity index (χ1v) is 11.4. The molecule has 1 aromatic heterocycles. The molecule has 8 heteroatoms. The van der Waals surface area contributed by atoms with Crippen LogP contribution in [-0.4, -0.2) is 32.6 Å². The fraction of sp³-hybridized carbons (Fsp3) is 0.348. The van der Waals surface area contributed by atoms with Crippen molar-refractivity contribution in [2.75, 3.05) is 17.3 Å². The summed E-state index contributed by atoms with van der Waals surface area (Å²) < 4.78 is 7.50. The number of ether oxygens (including phenoxy) is 1. The lowest BCUT2D eigenvalue weighted by molar-refractivity contribution is -0.116. The molecule has 0 aliphatic carbocycles. The Labute approximate surface area is 186 Å². The lowest BCUT2D eigenvalue weighted by atomic mass is 10.0. The second kappa shape index (κ2) is 9.43. The summed E-state index contributed by atoms with van der Waals surface area (Å²) in [6.07, 6.45) is 1.78. The van der Waals surface area contributed by atoms with Gasteiger partial charge in [-0.1, -0.05) is 43.0 Å². The number of fused-ring (bicyclic) bond motifs is 1. The number of hydrogen-bond acceptors (Lipinski definition) is 6. The minimum Gasteiger partial charge on any atom is -0.494 e. The van der Waals surface area contributed by atoms with Crippen LogP contribution >= 0.6 is 11.8 Å².